The van der Waals surface area contributed by atoms with E-state index in [0.717, 1.165) is 0 Å². The van der Waals surface area contributed by atoms with Crippen LogP contribution in [-0.4, -0.2) is 36.8 Å². The summed E-state index contributed by atoms with van der Waals surface area (Å²) >= 11 is 0. The Bertz CT molecular complexity index is 1320. The molecule has 0 atom stereocenters. The van der Waals surface area contributed by atoms with Crippen molar-refractivity contribution in [1.29, 1.82) is 0 Å². The normalized spacial score (nSPS) is 10.9. The van der Waals surface area contributed by atoms with E-state index in [0.29, 0.717) is 33.8 Å². The molecule has 0 spiro atoms. The fourth-order valence-electron chi connectivity index (χ4n) is 3.11. The van der Waals surface area contributed by atoms with Crippen molar-refractivity contribution in [1.82, 2.24) is 19.8 Å². The van der Waals surface area contributed by atoms with Crippen molar-refractivity contribution in [2.45, 2.75) is 6.92 Å². The number of rotatable bonds is 5. The summed E-state index contributed by atoms with van der Waals surface area (Å²) in [6.45, 7) is 1.65. The lowest BCUT2D eigenvalue weighted by atomic mass is 10.1. The Morgan fingerprint density at radius 2 is 1.77 bits per heavy atom. The maximum absolute atomic E-state index is 11.2. The van der Waals surface area contributed by atoms with E-state index in [-0.39, 0.29) is 17.2 Å². The van der Waals surface area contributed by atoms with E-state index in [1.54, 1.807) is 31.2 Å². The monoisotopic (exact) mass is 406 g/mol. The van der Waals surface area contributed by atoms with Crippen LogP contribution in [0.2, 0.25) is 0 Å². The third-order valence-corrected chi connectivity index (χ3v) is 4.59. The highest BCUT2D eigenvalue weighted by Gasteiger charge is 2.19. The molecule has 2 heterocycles. The number of aryl methyl sites for hydroxylation is 1. The van der Waals surface area contributed by atoms with Crippen molar-refractivity contribution in [3.63, 3.8) is 0 Å². The number of ether oxygens (including phenoxy) is 1. The summed E-state index contributed by atoms with van der Waals surface area (Å²) in [5, 5.41) is 35.0. The van der Waals surface area contributed by atoms with Crippen LogP contribution in [0.1, 0.15) is 5.56 Å². The molecule has 0 aliphatic rings. The van der Waals surface area contributed by atoms with Gasteiger partial charge in [-0.05, 0) is 37.3 Å². The lowest BCUT2D eigenvalue weighted by Gasteiger charge is -2.08. The number of nitro benzene ring substituents is 2. The van der Waals surface area contributed by atoms with E-state index in [2.05, 4.69) is 15.3 Å². The molecule has 0 bridgehead atoms. The van der Waals surface area contributed by atoms with Crippen molar-refractivity contribution in [3.05, 3.63) is 74.3 Å². The Hall–Kier alpha value is -4.41. The topological polar surface area (TPSA) is 139 Å². The van der Waals surface area contributed by atoms with Gasteiger partial charge in [0.2, 0.25) is 0 Å². The molecule has 2 aromatic carbocycles. The van der Waals surface area contributed by atoms with Gasteiger partial charge in [0, 0.05) is 29.3 Å². The molecule has 0 amide bonds. The van der Waals surface area contributed by atoms with Crippen molar-refractivity contribution in [2.24, 2.45) is 0 Å². The highest BCUT2D eigenvalue weighted by atomic mass is 16.6. The van der Waals surface area contributed by atoms with Gasteiger partial charge < -0.3 is 4.74 Å². The van der Waals surface area contributed by atoms with Gasteiger partial charge in [0.25, 0.3) is 11.4 Å². The molecule has 2 aromatic heterocycles. The second-order valence-electron chi connectivity index (χ2n) is 6.41. The maximum atomic E-state index is 11.2. The van der Waals surface area contributed by atoms with Gasteiger partial charge in [0.15, 0.2) is 11.5 Å². The molecule has 0 fully saturated rings. The maximum Gasteiger partial charge on any atom is 0.272 e. The summed E-state index contributed by atoms with van der Waals surface area (Å²) in [5.74, 6) is 0.652. The molecule has 0 radical (unpaired) electrons. The number of non-ortho nitro benzene ring substituents is 1. The second-order valence-corrected chi connectivity index (χ2v) is 6.41. The van der Waals surface area contributed by atoms with Crippen LogP contribution in [0.5, 0.6) is 5.75 Å². The molecule has 0 N–H and O–H groups in total. The smallest absolute Gasteiger partial charge is 0.272 e. The fraction of sp³-hybridized carbons (Fsp3) is 0.105. The largest absolute Gasteiger partial charge is 0.496 e. The third kappa shape index (κ3) is 3.17. The van der Waals surface area contributed by atoms with Gasteiger partial charge in [-0.15, -0.1) is 10.2 Å². The van der Waals surface area contributed by atoms with Crippen molar-refractivity contribution in [2.75, 3.05) is 7.11 Å². The molecule has 0 aliphatic heterocycles. The summed E-state index contributed by atoms with van der Waals surface area (Å²) in [7, 11) is 1.45. The van der Waals surface area contributed by atoms with Crippen LogP contribution in [0.25, 0.3) is 28.3 Å². The van der Waals surface area contributed by atoms with Gasteiger partial charge in [-0.2, -0.15) is 9.61 Å². The van der Waals surface area contributed by atoms with Crippen LogP contribution in [0.15, 0.2) is 48.5 Å². The number of methoxy groups -OCH3 is 1. The zero-order chi connectivity index (χ0) is 21.4. The molecule has 0 aliphatic carbocycles. The zero-order valence-corrected chi connectivity index (χ0v) is 15.8. The molecular formula is C19H14N6O5. The SMILES string of the molecule is COc1ccc([N+](=O)[O-])cc1-c1nnc2ccc(-c3ccc([N+](=O)[O-])c(C)c3)nn12. The third-order valence-electron chi connectivity index (χ3n) is 4.59. The second kappa shape index (κ2) is 7.20. The summed E-state index contributed by atoms with van der Waals surface area (Å²) < 4.78 is 6.78. The minimum atomic E-state index is -0.509. The van der Waals surface area contributed by atoms with E-state index in [1.807, 2.05) is 0 Å². The van der Waals surface area contributed by atoms with Crippen LogP contribution in [0.3, 0.4) is 0 Å². The van der Waals surface area contributed by atoms with E-state index >= 15 is 0 Å². The lowest BCUT2D eigenvalue weighted by molar-refractivity contribution is -0.385. The summed E-state index contributed by atoms with van der Waals surface area (Å²) in [6.07, 6.45) is 0. The molecule has 11 nitrogen and oxygen atoms in total. The van der Waals surface area contributed by atoms with Gasteiger partial charge in [0.05, 0.1) is 28.2 Å². The Labute approximate surface area is 168 Å². The van der Waals surface area contributed by atoms with Gasteiger partial charge in [-0.3, -0.25) is 20.2 Å². The number of fused-ring (bicyclic) bond motifs is 1. The molecule has 4 rings (SSSR count). The molecular weight excluding hydrogens is 392 g/mol. The van der Waals surface area contributed by atoms with Crippen LogP contribution in [0.4, 0.5) is 11.4 Å². The average molecular weight is 406 g/mol. The molecule has 11 heteroatoms. The van der Waals surface area contributed by atoms with E-state index in [9.17, 15) is 20.2 Å². The van der Waals surface area contributed by atoms with Crippen molar-refractivity contribution in [3.8, 4) is 28.4 Å². The molecule has 0 saturated carbocycles. The van der Waals surface area contributed by atoms with E-state index < -0.39 is 9.85 Å². The number of benzene rings is 2. The first-order valence-electron chi connectivity index (χ1n) is 8.69. The Balaban J connectivity index is 1.87. The predicted molar refractivity (Wildman–Crippen MR) is 106 cm³/mol. The molecule has 0 unspecified atom stereocenters. The van der Waals surface area contributed by atoms with Gasteiger partial charge in [0.1, 0.15) is 5.75 Å². The van der Waals surface area contributed by atoms with Gasteiger partial charge in [-0.1, -0.05) is 0 Å². The summed E-state index contributed by atoms with van der Waals surface area (Å²) in [4.78, 5) is 21.3. The van der Waals surface area contributed by atoms with Crippen molar-refractivity contribution >= 4 is 17.0 Å². The Morgan fingerprint density at radius 1 is 0.967 bits per heavy atom. The van der Waals surface area contributed by atoms with Crippen LogP contribution >= 0.6 is 0 Å². The Kier molecular flexibility index (Phi) is 4.54. The zero-order valence-electron chi connectivity index (χ0n) is 15.8. The predicted octanol–water partition coefficient (Wildman–Crippen LogP) is 3.59. The Morgan fingerprint density at radius 3 is 2.43 bits per heavy atom. The number of nitro groups is 2. The number of hydrogen-bond acceptors (Lipinski definition) is 8. The summed E-state index contributed by atoms with van der Waals surface area (Å²) in [6, 6.07) is 12.3. The standard InChI is InChI=1S/C19H14N6O5/c1-11-9-12(3-6-16(11)25(28)29)15-5-8-18-20-21-19(23(18)22-15)14-10-13(24(26)27)4-7-17(14)30-2/h3-10H,1-2H3. The minimum Gasteiger partial charge on any atom is -0.496 e. The first-order chi connectivity index (χ1) is 14.4. The van der Waals surface area contributed by atoms with E-state index in [4.69, 9.17) is 4.74 Å². The molecule has 4 aromatic rings. The highest BCUT2D eigenvalue weighted by molar-refractivity contribution is 5.70. The fourth-order valence-corrected chi connectivity index (χ4v) is 3.11. The van der Waals surface area contributed by atoms with Gasteiger partial charge in [-0.25, -0.2) is 0 Å². The van der Waals surface area contributed by atoms with Crippen LogP contribution < -0.4 is 4.74 Å². The van der Waals surface area contributed by atoms with Gasteiger partial charge >= 0.3 is 0 Å². The van der Waals surface area contributed by atoms with Crippen molar-refractivity contribution < 1.29 is 14.6 Å². The number of hydrogen-bond donors (Lipinski definition) is 0. The van der Waals surface area contributed by atoms with Crippen LogP contribution in [-0.2, 0) is 0 Å². The number of aromatic nitrogens is 4. The lowest BCUT2D eigenvalue weighted by Crippen LogP contribution is -2.00. The summed E-state index contributed by atoms with van der Waals surface area (Å²) in [5.41, 5.74) is 2.40. The first kappa shape index (κ1) is 18.9. The minimum absolute atomic E-state index is 0.0196. The quantitative estimate of drug-likeness (QED) is 0.362. The molecule has 30 heavy (non-hydrogen) atoms. The van der Waals surface area contributed by atoms with Crippen LogP contribution in [0, 0.1) is 27.2 Å². The highest BCUT2D eigenvalue weighted by Crippen LogP contribution is 2.33. The average Bonchev–Trinajstić information content (AvgIpc) is 3.15. The number of nitrogens with zero attached hydrogens (tertiary/aromatic N) is 6. The molecule has 150 valence electrons. The first-order valence-corrected chi connectivity index (χ1v) is 8.69. The van der Waals surface area contributed by atoms with E-state index in [1.165, 1.54) is 35.9 Å². The molecule has 0 saturated heterocycles.